The smallest absolute Gasteiger partial charge is 0.123 e. The van der Waals surface area contributed by atoms with Crippen LogP contribution in [0.4, 0.5) is 37.2 Å². The van der Waals surface area contributed by atoms with E-state index >= 15 is 0 Å². The summed E-state index contributed by atoms with van der Waals surface area (Å²) in [6.07, 6.45) is 3.30. The van der Waals surface area contributed by atoms with Crippen LogP contribution in [0, 0.1) is 32.4 Å². The minimum absolute atomic E-state index is 0.0656. The molecule has 0 saturated heterocycles. The number of fused-ring (bicyclic) bond motifs is 5. The molecule has 0 aromatic heterocycles. The highest BCUT2D eigenvalue weighted by Crippen LogP contribution is 2.59. The summed E-state index contributed by atoms with van der Waals surface area (Å²) in [6, 6.07) is 40.4. The van der Waals surface area contributed by atoms with Gasteiger partial charge in [-0.05, 0) is 186 Å². The first kappa shape index (κ1) is 35.9. The predicted octanol–water partition coefficient (Wildman–Crippen LogP) is 14.3. The second-order valence-corrected chi connectivity index (χ2v) is 17.1. The third-order valence-corrected chi connectivity index (χ3v) is 12.9. The predicted molar refractivity (Wildman–Crippen MR) is 230 cm³/mol. The van der Waals surface area contributed by atoms with Crippen LogP contribution in [0.15, 0.2) is 139 Å². The Bertz CT molecular complexity index is 2620. The largest absolute Gasteiger partial charge is 0.334 e. The molecule has 3 aliphatic carbocycles. The number of aryl methyl sites for hydroxylation is 3. The first-order valence-corrected chi connectivity index (χ1v) is 19.7. The average molecular weight is 739 g/mol. The van der Waals surface area contributed by atoms with Crippen molar-refractivity contribution in [2.75, 3.05) is 9.80 Å². The number of nitrogens with zero attached hydrogens (tertiary/aromatic N) is 2. The minimum atomic E-state index is -0.257. The zero-order valence-corrected chi connectivity index (χ0v) is 33.6. The van der Waals surface area contributed by atoms with E-state index in [9.17, 15) is 8.78 Å². The monoisotopic (exact) mass is 738 g/mol. The van der Waals surface area contributed by atoms with Crippen LogP contribution in [-0.4, -0.2) is 6.04 Å². The molecule has 1 atom stereocenters. The maximum atomic E-state index is 14.2. The van der Waals surface area contributed by atoms with Gasteiger partial charge in [-0.25, -0.2) is 8.78 Å². The molecule has 4 heteroatoms. The van der Waals surface area contributed by atoms with E-state index in [4.69, 9.17) is 0 Å². The first-order chi connectivity index (χ1) is 26.8. The molecule has 0 fully saturated rings. The summed E-state index contributed by atoms with van der Waals surface area (Å²) in [6.45, 7) is 18.3. The number of rotatable bonds is 6. The van der Waals surface area contributed by atoms with Crippen molar-refractivity contribution in [1.82, 2.24) is 0 Å². The van der Waals surface area contributed by atoms with Crippen molar-refractivity contribution >= 4 is 34.0 Å². The quantitative estimate of drug-likeness (QED) is 0.168. The maximum Gasteiger partial charge on any atom is 0.123 e. The zero-order valence-electron chi connectivity index (χ0n) is 33.6. The van der Waals surface area contributed by atoms with Crippen molar-refractivity contribution in [1.29, 1.82) is 0 Å². The maximum absolute atomic E-state index is 14.2. The van der Waals surface area contributed by atoms with Gasteiger partial charge in [0, 0.05) is 39.3 Å². The molecule has 2 nitrogen and oxygen atoms in total. The molecule has 3 aliphatic rings. The number of allylic oxidation sites excluding steroid dienone is 2. The van der Waals surface area contributed by atoms with Gasteiger partial charge in [0.2, 0.25) is 0 Å². The van der Waals surface area contributed by atoms with Gasteiger partial charge in [-0.1, -0.05) is 70.2 Å². The Kier molecular flexibility index (Phi) is 8.29. The molecule has 6 aromatic carbocycles. The fourth-order valence-electron chi connectivity index (χ4n) is 9.97. The van der Waals surface area contributed by atoms with E-state index in [1.165, 1.54) is 61.2 Å². The fraction of sp³-hybridized carbons (Fsp3) is 0.231. The van der Waals surface area contributed by atoms with E-state index in [1.54, 1.807) is 24.3 Å². The number of halogens is 2. The van der Waals surface area contributed by atoms with Crippen LogP contribution >= 0.6 is 0 Å². The summed E-state index contributed by atoms with van der Waals surface area (Å²) in [4.78, 5) is 4.66. The van der Waals surface area contributed by atoms with Crippen LogP contribution in [0.2, 0.25) is 0 Å². The van der Waals surface area contributed by atoms with Gasteiger partial charge < -0.3 is 9.80 Å². The first-order valence-electron chi connectivity index (χ1n) is 19.7. The molecule has 0 amide bonds. The van der Waals surface area contributed by atoms with Crippen molar-refractivity contribution in [3.05, 3.63) is 189 Å². The molecule has 0 saturated carbocycles. The van der Waals surface area contributed by atoms with Crippen molar-refractivity contribution in [2.45, 2.75) is 78.7 Å². The van der Waals surface area contributed by atoms with Gasteiger partial charge in [-0.15, -0.1) is 0 Å². The molecule has 0 radical (unpaired) electrons. The summed E-state index contributed by atoms with van der Waals surface area (Å²) >= 11 is 0. The van der Waals surface area contributed by atoms with Crippen molar-refractivity contribution in [3.8, 4) is 11.1 Å². The number of para-hydroxylation sites is 2. The summed E-state index contributed by atoms with van der Waals surface area (Å²) in [5.41, 5.74) is 20.4. The van der Waals surface area contributed by atoms with E-state index in [0.29, 0.717) is 0 Å². The Balaban J connectivity index is 1.15. The molecule has 1 unspecified atom stereocenters. The highest BCUT2D eigenvalue weighted by Gasteiger charge is 2.45. The van der Waals surface area contributed by atoms with Crippen LogP contribution < -0.4 is 9.80 Å². The van der Waals surface area contributed by atoms with Crippen LogP contribution in [0.1, 0.15) is 80.0 Å². The van der Waals surface area contributed by atoms with Crippen molar-refractivity contribution in [2.24, 2.45) is 0 Å². The molecule has 0 heterocycles. The summed E-state index contributed by atoms with van der Waals surface area (Å²) in [5.74, 6) is -0.476. The van der Waals surface area contributed by atoms with Gasteiger partial charge >= 0.3 is 0 Å². The molecular formula is C52H48F2N2. The molecule has 0 N–H and O–H groups in total. The van der Waals surface area contributed by atoms with E-state index in [2.05, 4.69) is 144 Å². The van der Waals surface area contributed by atoms with Gasteiger partial charge in [-0.2, -0.15) is 0 Å². The summed E-state index contributed by atoms with van der Waals surface area (Å²) < 4.78 is 28.4. The van der Waals surface area contributed by atoms with Gasteiger partial charge in [0.15, 0.2) is 0 Å². The van der Waals surface area contributed by atoms with Crippen LogP contribution in [0.25, 0.3) is 16.7 Å². The van der Waals surface area contributed by atoms with E-state index in [0.717, 1.165) is 40.4 Å². The van der Waals surface area contributed by atoms with Crippen molar-refractivity contribution in [3.63, 3.8) is 0 Å². The highest BCUT2D eigenvalue weighted by molar-refractivity contribution is 5.95. The second-order valence-electron chi connectivity index (χ2n) is 17.1. The topological polar surface area (TPSA) is 6.48 Å². The van der Waals surface area contributed by atoms with Crippen LogP contribution in [0.3, 0.4) is 0 Å². The standard InChI is InChI=1S/C52H48F2N2/c1-31-13-9-11-15-47(31)55(37-21-17-35(53)18-22-37)39-25-33(3)49-41-29-44-42(30-43(41)51(5,6)45(49)27-39)50-34(4)26-40(28-46(50)52(44,7)8)56(38-23-19-36(54)20-24-38)48-16-12-10-14-32(48)2/h9-27,29-30,40H,28H2,1-8H3. The lowest BCUT2D eigenvalue weighted by atomic mass is 9.76. The molecule has 0 bridgehead atoms. The highest BCUT2D eigenvalue weighted by atomic mass is 19.1. The zero-order chi connectivity index (χ0) is 39.3. The van der Waals surface area contributed by atoms with E-state index in [1.807, 2.05) is 24.3 Å². The SMILES string of the molecule is CC1=CC(N(c2ccc(F)cc2)c2ccccc2C)CC2=C1c1cc3c(cc1C2(C)C)-c1c(C)cc(N(c2ccc(F)cc2)c2ccccc2C)cc1C3(C)C. The Morgan fingerprint density at radius 1 is 0.536 bits per heavy atom. The summed E-state index contributed by atoms with van der Waals surface area (Å²) in [7, 11) is 0. The van der Waals surface area contributed by atoms with Crippen molar-refractivity contribution < 1.29 is 8.78 Å². The lowest BCUT2D eigenvalue weighted by Gasteiger charge is -2.38. The second kappa shape index (κ2) is 12.9. The number of hydrogen-bond donors (Lipinski definition) is 0. The van der Waals surface area contributed by atoms with E-state index < -0.39 is 0 Å². The van der Waals surface area contributed by atoms with Crippen LogP contribution in [-0.2, 0) is 10.8 Å². The lowest BCUT2D eigenvalue weighted by Crippen LogP contribution is -2.34. The van der Waals surface area contributed by atoms with Gasteiger partial charge in [0.25, 0.3) is 0 Å². The van der Waals surface area contributed by atoms with Gasteiger partial charge in [0.1, 0.15) is 11.6 Å². The number of benzene rings is 6. The van der Waals surface area contributed by atoms with E-state index in [-0.39, 0.29) is 28.5 Å². The van der Waals surface area contributed by atoms with Gasteiger partial charge in [-0.3, -0.25) is 0 Å². The Labute approximate surface area is 330 Å². The summed E-state index contributed by atoms with van der Waals surface area (Å²) in [5, 5.41) is 0. The fourth-order valence-corrected chi connectivity index (χ4v) is 9.97. The normalized spacial score (nSPS) is 17.2. The Hall–Kier alpha value is -5.74. The molecule has 280 valence electrons. The van der Waals surface area contributed by atoms with Crippen LogP contribution in [0.5, 0.6) is 0 Å². The lowest BCUT2D eigenvalue weighted by molar-refractivity contribution is 0.582. The Morgan fingerprint density at radius 3 is 1.71 bits per heavy atom. The molecule has 0 aliphatic heterocycles. The average Bonchev–Trinajstić information content (AvgIpc) is 3.53. The Morgan fingerprint density at radius 2 is 1.09 bits per heavy atom. The molecule has 6 aromatic rings. The molecule has 0 spiro atoms. The number of anilines is 5. The molecule has 9 rings (SSSR count). The van der Waals surface area contributed by atoms with Gasteiger partial charge in [0.05, 0.1) is 6.04 Å². The molecule has 56 heavy (non-hydrogen) atoms. The number of hydrogen-bond acceptors (Lipinski definition) is 2. The minimum Gasteiger partial charge on any atom is -0.334 e. The molecular weight excluding hydrogens is 691 g/mol. The third-order valence-electron chi connectivity index (χ3n) is 12.9. The third kappa shape index (κ3) is 5.48.